The monoisotopic (exact) mass is 342 g/mol. The molecule has 0 fully saturated rings. The number of aryl methyl sites for hydroxylation is 2. The van der Waals surface area contributed by atoms with E-state index in [0.717, 1.165) is 21.8 Å². The molecule has 25 heavy (non-hydrogen) atoms. The average Bonchev–Trinajstić information content (AvgIpc) is 3.18. The highest BCUT2D eigenvalue weighted by molar-refractivity contribution is 5.98. The van der Waals surface area contributed by atoms with Crippen molar-refractivity contribution in [2.24, 2.45) is 0 Å². The molecule has 3 rings (SSSR count). The quantitative estimate of drug-likeness (QED) is 0.745. The molecule has 1 N–H and O–H groups in total. The smallest absolute Gasteiger partial charge is 0.364 e. The molecule has 0 aliphatic heterocycles. The van der Waals surface area contributed by atoms with Crippen molar-refractivity contribution in [1.29, 1.82) is 0 Å². The third kappa shape index (κ3) is 3.16. The Morgan fingerprint density at radius 1 is 1.28 bits per heavy atom. The molecule has 0 unspecified atom stereocenters. The Hall–Kier alpha value is -3.36. The zero-order valence-electron chi connectivity index (χ0n) is 14.1. The van der Waals surface area contributed by atoms with E-state index in [1.54, 1.807) is 24.8 Å². The van der Waals surface area contributed by atoms with Crippen molar-refractivity contribution >= 4 is 5.91 Å². The molecule has 0 saturated carbocycles. The van der Waals surface area contributed by atoms with Crippen molar-refractivity contribution in [2.75, 3.05) is 12.5 Å². The molecule has 3 aromatic rings. The van der Waals surface area contributed by atoms with Crippen LogP contribution in [0, 0.1) is 6.92 Å². The number of nitrogens with zero attached hydrogens (tertiary/aromatic N) is 5. The number of rotatable bonds is 5. The molecule has 130 valence electrons. The second kappa shape index (κ2) is 6.63. The van der Waals surface area contributed by atoms with E-state index in [2.05, 4.69) is 15.6 Å². The third-order valence-electron chi connectivity index (χ3n) is 3.69. The maximum atomic E-state index is 12.4. The fourth-order valence-corrected chi connectivity index (χ4v) is 2.37. The lowest BCUT2D eigenvalue weighted by atomic mass is 10.3. The Morgan fingerprint density at radius 3 is 2.60 bits per heavy atom. The van der Waals surface area contributed by atoms with Gasteiger partial charge in [0, 0.05) is 12.2 Å². The number of methoxy groups -OCH3 is 1. The number of carbonyl (C=O) groups is 1. The molecule has 2 heterocycles. The molecule has 0 aliphatic rings. The van der Waals surface area contributed by atoms with Gasteiger partial charge >= 0.3 is 5.69 Å². The van der Waals surface area contributed by atoms with Gasteiger partial charge in [0.15, 0.2) is 5.69 Å². The number of ether oxygens (including phenoxy) is 1. The summed E-state index contributed by atoms with van der Waals surface area (Å²) in [5, 5.41) is 8.19. The van der Waals surface area contributed by atoms with E-state index in [-0.39, 0.29) is 5.69 Å². The number of nitrogens with one attached hydrogen (secondary N) is 1. The van der Waals surface area contributed by atoms with Gasteiger partial charge in [-0.15, -0.1) is 0 Å². The van der Waals surface area contributed by atoms with Crippen LogP contribution in [0.5, 0.6) is 5.75 Å². The summed E-state index contributed by atoms with van der Waals surface area (Å²) in [6.45, 7) is 4.06. The molecule has 0 radical (unpaired) electrons. The Kier molecular flexibility index (Phi) is 4.38. The molecule has 2 aromatic heterocycles. The molecule has 0 atom stereocenters. The van der Waals surface area contributed by atoms with Gasteiger partial charge in [-0.1, -0.05) is 0 Å². The maximum absolute atomic E-state index is 12.4. The highest BCUT2D eigenvalue weighted by Gasteiger charge is 2.15. The van der Waals surface area contributed by atoms with Gasteiger partial charge in [0.1, 0.15) is 12.1 Å². The first kappa shape index (κ1) is 16.5. The first-order chi connectivity index (χ1) is 12.0. The summed E-state index contributed by atoms with van der Waals surface area (Å²) >= 11 is 0. The van der Waals surface area contributed by atoms with Crippen LogP contribution in [0.2, 0.25) is 0 Å². The van der Waals surface area contributed by atoms with E-state index in [1.165, 1.54) is 11.0 Å². The van der Waals surface area contributed by atoms with E-state index in [9.17, 15) is 9.59 Å². The molecular weight excluding hydrogens is 324 g/mol. The first-order valence-corrected chi connectivity index (χ1v) is 7.70. The molecule has 9 heteroatoms. The van der Waals surface area contributed by atoms with Gasteiger partial charge < -0.3 is 4.74 Å². The van der Waals surface area contributed by atoms with Gasteiger partial charge in [-0.2, -0.15) is 14.9 Å². The van der Waals surface area contributed by atoms with Crippen LogP contribution in [-0.2, 0) is 6.54 Å². The maximum Gasteiger partial charge on any atom is 0.364 e. The van der Waals surface area contributed by atoms with Gasteiger partial charge in [0.25, 0.3) is 5.91 Å². The lowest BCUT2D eigenvalue weighted by Crippen LogP contribution is -2.34. The summed E-state index contributed by atoms with van der Waals surface area (Å²) in [7, 11) is 1.60. The minimum absolute atomic E-state index is 0.199. The van der Waals surface area contributed by atoms with Crippen LogP contribution in [0.15, 0.2) is 41.5 Å². The van der Waals surface area contributed by atoms with Crippen molar-refractivity contribution in [3.05, 3.63) is 58.5 Å². The summed E-state index contributed by atoms with van der Waals surface area (Å²) in [4.78, 5) is 24.3. The summed E-state index contributed by atoms with van der Waals surface area (Å²) in [5.74, 6) is 0.243. The van der Waals surface area contributed by atoms with Crippen molar-refractivity contribution in [2.45, 2.75) is 20.4 Å². The fraction of sp³-hybridized carbons (Fsp3) is 0.250. The van der Waals surface area contributed by atoms with E-state index < -0.39 is 11.6 Å². The van der Waals surface area contributed by atoms with E-state index in [4.69, 9.17) is 4.74 Å². The Morgan fingerprint density at radius 2 is 2.00 bits per heavy atom. The Balaban J connectivity index is 1.84. The van der Waals surface area contributed by atoms with Gasteiger partial charge in [-0.05, 0) is 44.2 Å². The van der Waals surface area contributed by atoms with Crippen LogP contribution in [-0.4, -0.2) is 37.3 Å². The fourth-order valence-electron chi connectivity index (χ4n) is 2.37. The van der Waals surface area contributed by atoms with Crippen LogP contribution in [0.25, 0.3) is 5.69 Å². The van der Waals surface area contributed by atoms with Crippen LogP contribution in [0.4, 0.5) is 0 Å². The lowest BCUT2D eigenvalue weighted by molar-refractivity contribution is 0.100. The second-order valence-electron chi connectivity index (χ2n) is 5.32. The SMILES string of the molecule is CCn1ncn(NC(=O)c2cc(C)n(-c3ccc(OC)cc3)n2)c1=O. The van der Waals surface area contributed by atoms with Crippen LogP contribution in [0.1, 0.15) is 23.1 Å². The molecular formula is C16H18N6O3. The average molecular weight is 342 g/mol. The molecule has 0 spiro atoms. The van der Waals surface area contributed by atoms with E-state index >= 15 is 0 Å². The standard InChI is InChI=1S/C16H18N6O3/c1-4-20-16(24)21(10-17-20)19-15(23)14-9-11(2)22(18-14)12-5-7-13(25-3)8-6-12/h5-10H,4H2,1-3H3,(H,19,23). The number of hydrogen-bond donors (Lipinski definition) is 1. The summed E-state index contributed by atoms with van der Waals surface area (Å²) < 4.78 is 9.05. The molecule has 0 aliphatic carbocycles. The zero-order valence-corrected chi connectivity index (χ0v) is 14.1. The van der Waals surface area contributed by atoms with Crippen molar-refractivity contribution in [3.8, 4) is 11.4 Å². The normalized spacial score (nSPS) is 10.7. The molecule has 0 saturated heterocycles. The van der Waals surface area contributed by atoms with E-state index in [1.807, 2.05) is 31.2 Å². The van der Waals surface area contributed by atoms with Gasteiger partial charge in [-0.3, -0.25) is 10.2 Å². The Bertz CT molecular complexity index is 951. The van der Waals surface area contributed by atoms with Crippen LogP contribution < -0.4 is 15.9 Å². The molecule has 9 nitrogen and oxygen atoms in total. The number of carbonyl (C=O) groups excluding carboxylic acids is 1. The molecule has 1 amide bonds. The summed E-state index contributed by atoms with van der Waals surface area (Å²) in [5.41, 5.74) is 3.85. The number of amides is 1. The third-order valence-corrected chi connectivity index (χ3v) is 3.69. The highest BCUT2D eigenvalue weighted by Crippen LogP contribution is 2.16. The second-order valence-corrected chi connectivity index (χ2v) is 5.32. The minimum atomic E-state index is -0.492. The molecule has 0 bridgehead atoms. The molecule has 1 aromatic carbocycles. The number of aromatic nitrogens is 5. The van der Waals surface area contributed by atoms with Crippen molar-refractivity contribution < 1.29 is 9.53 Å². The lowest BCUT2D eigenvalue weighted by Gasteiger charge is -2.05. The van der Waals surface area contributed by atoms with Crippen molar-refractivity contribution in [3.63, 3.8) is 0 Å². The van der Waals surface area contributed by atoms with Crippen molar-refractivity contribution in [1.82, 2.24) is 24.2 Å². The van der Waals surface area contributed by atoms with Gasteiger partial charge in [-0.25, -0.2) is 14.2 Å². The largest absolute Gasteiger partial charge is 0.497 e. The topological polar surface area (TPSA) is 96.0 Å². The number of benzene rings is 1. The Labute approximate surface area is 143 Å². The van der Waals surface area contributed by atoms with Gasteiger partial charge in [0.2, 0.25) is 0 Å². The van der Waals surface area contributed by atoms with E-state index in [0.29, 0.717) is 6.54 Å². The predicted molar refractivity (Wildman–Crippen MR) is 90.7 cm³/mol. The first-order valence-electron chi connectivity index (χ1n) is 7.70. The minimum Gasteiger partial charge on any atom is -0.497 e. The van der Waals surface area contributed by atoms with Crippen LogP contribution >= 0.6 is 0 Å². The summed E-state index contributed by atoms with van der Waals surface area (Å²) in [6, 6.07) is 8.96. The number of hydrogen-bond acceptors (Lipinski definition) is 5. The predicted octanol–water partition coefficient (Wildman–Crippen LogP) is 0.951. The zero-order chi connectivity index (χ0) is 18.0. The van der Waals surface area contributed by atoms with Gasteiger partial charge in [0.05, 0.1) is 12.8 Å². The summed E-state index contributed by atoms with van der Waals surface area (Å²) in [6.07, 6.45) is 1.26. The highest BCUT2D eigenvalue weighted by atomic mass is 16.5. The van der Waals surface area contributed by atoms with Crippen LogP contribution in [0.3, 0.4) is 0 Å².